The summed E-state index contributed by atoms with van der Waals surface area (Å²) in [5.41, 5.74) is 4.93. The fourth-order valence-electron chi connectivity index (χ4n) is 4.15. The standard InChI is InChI=1S/C24H28N2O4S/c1-14-8-9-19(12-15(14)2)25-31(28,29)23-17(4)16(3)13-20-18(5)21(30-22(20)23)24(27)26-10-6-7-11-26/h8-9,12-13,25H,6-7,10-11H2,1-5H3. The molecule has 1 N–H and O–H groups in total. The highest BCUT2D eigenvalue weighted by Crippen LogP contribution is 2.36. The molecule has 2 heterocycles. The number of sulfonamides is 1. The summed E-state index contributed by atoms with van der Waals surface area (Å²) in [4.78, 5) is 14.9. The van der Waals surface area contributed by atoms with Gasteiger partial charge in [0.25, 0.3) is 15.9 Å². The minimum atomic E-state index is -3.94. The van der Waals surface area contributed by atoms with Crippen molar-refractivity contribution in [1.29, 1.82) is 0 Å². The highest BCUT2D eigenvalue weighted by Gasteiger charge is 2.30. The molecule has 1 aliphatic heterocycles. The summed E-state index contributed by atoms with van der Waals surface area (Å²) in [5, 5.41) is 0.658. The molecule has 1 aliphatic rings. The van der Waals surface area contributed by atoms with Crippen LogP contribution in [0.5, 0.6) is 0 Å². The number of aryl methyl sites for hydroxylation is 4. The maximum absolute atomic E-state index is 13.5. The van der Waals surface area contributed by atoms with E-state index in [1.165, 1.54) is 0 Å². The Bertz CT molecular complexity index is 1300. The van der Waals surface area contributed by atoms with Crippen LogP contribution in [0.2, 0.25) is 0 Å². The number of furan rings is 1. The summed E-state index contributed by atoms with van der Waals surface area (Å²) < 4.78 is 35.6. The second-order valence-electron chi connectivity index (χ2n) is 8.48. The molecule has 0 saturated carbocycles. The summed E-state index contributed by atoms with van der Waals surface area (Å²) in [5.74, 6) is 0.0523. The predicted molar refractivity (Wildman–Crippen MR) is 122 cm³/mol. The Hall–Kier alpha value is -2.80. The van der Waals surface area contributed by atoms with Crippen molar-refractivity contribution in [3.8, 4) is 0 Å². The highest BCUT2D eigenvalue weighted by molar-refractivity contribution is 7.93. The van der Waals surface area contributed by atoms with E-state index in [0.717, 1.165) is 29.5 Å². The summed E-state index contributed by atoms with van der Waals surface area (Å²) in [6.45, 7) is 10.8. The fraction of sp³-hybridized carbons (Fsp3) is 0.375. The van der Waals surface area contributed by atoms with E-state index in [1.807, 2.05) is 45.9 Å². The normalized spacial score (nSPS) is 14.4. The Morgan fingerprint density at radius 2 is 1.61 bits per heavy atom. The Morgan fingerprint density at radius 3 is 2.26 bits per heavy atom. The Labute approximate surface area is 183 Å². The lowest BCUT2D eigenvalue weighted by Gasteiger charge is -2.14. The first-order chi connectivity index (χ1) is 14.6. The Kier molecular flexibility index (Phi) is 5.33. The third-order valence-corrected chi connectivity index (χ3v) is 7.84. The molecular formula is C24H28N2O4S. The largest absolute Gasteiger partial charge is 0.449 e. The number of anilines is 1. The van der Waals surface area contributed by atoms with Crippen LogP contribution in [0.1, 0.15) is 51.2 Å². The highest BCUT2D eigenvalue weighted by atomic mass is 32.2. The fourth-order valence-corrected chi connectivity index (χ4v) is 5.64. The van der Waals surface area contributed by atoms with Crippen molar-refractivity contribution in [1.82, 2.24) is 4.90 Å². The number of rotatable bonds is 4. The zero-order valence-corrected chi connectivity index (χ0v) is 19.4. The van der Waals surface area contributed by atoms with Gasteiger partial charge in [-0.15, -0.1) is 0 Å². The van der Waals surface area contributed by atoms with Crippen LogP contribution >= 0.6 is 0 Å². The van der Waals surface area contributed by atoms with E-state index in [1.54, 1.807) is 17.9 Å². The number of amides is 1. The quantitative estimate of drug-likeness (QED) is 0.618. The molecule has 0 unspecified atom stereocenters. The first-order valence-corrected chi connectivity index (χ1v) is 12.0. The van der Waals surface area contributed by atoms with Crippen LogP contribution in [-0.2, 0) is 10.0 Å². The van der Waals surface area contributed by atoms with Crippen molar-refractivity contribution in [2.75, 3.05) is 17.8 Å². The molecule has 1 fully saturated rings. The molecule has 0 bridgehead atoms. The van der Waals surface area contributed by atoms with Gasteiger partial charge in [-0.2, -0.15) is 0 Å². The van der Waals surface area contributed by atoms with Crippen LogP contribution in [0.3, 0.4) is 0 Å². The average Bonchev–Trinajstić information content (AvgIpc) is 3.34. The summed E-state index contributed by atoms with van der Waals surface area (Å²) >= 11 is 0. The monoisotopic (exact) mass is 440 g/mol. The predicted octanol–water partition coefficient (Wildman–Crippen LogP) is 5.01. The van der Waals surface area contributed by atoms with Gasteiger partial charge in [0.2, 0.25) is 0 Å². The van der Waals surface area contributed by atoms with Crippen molar-refractivity contribution in [3.63, 3.8) is 0 Å². The SMILES string of the molecule is Cc1ccc(NS(=O)(=O)c2c(C)c(C)cc3c(C)c(C(=O)N4CCCC4)oc23)cc1C. The van der Waals surface area contributed by atoms with Crippen LogP contribution in [0.25, 0.3) is 11.0 Å². The maximum Gasteiger partial charge on any atom is 0.289 e. The second kappa shape index (κ2) is 7.71. The molecule has 31 heavy (non-hydrogen) atoms. The van der Waals surface area contributed by atoms with Crippen LogP contribution in [-0.4, -0.2) is 32.3 Å². The molecule has 0 aliphatic carbocycles. The van der Waals surface area contributed by atoms with Gasteiger partial charge < -0.3 is 9.32 Å². The number of hydrogen-bond acceptors (Lipinski definition) is 4. The van der Waals surface area contributed by atoms with Crippen LogP contribution in [0.15, 0.2) is 33.6 Å². The van der Waals surface area contributed by atoms with E-state index < -0.39 is 10.0 Å². The Morgan fingerprint density at radius 1 is 0.935 bits per heavy atom. The second-order valence-corrected chi connectivity index (χ2v) is 10.1. The smallest absolute Gasteiger partial charge is 0.289 e. The molecule has 1 aromatic heterocycles. The van der Waals surface area contributed by atoms with Gasteiger partial charge in [0, 0.05) is 29.7 Å². The molecule has 4 rings (SSSR count). The van der Waals surface area contributed by atoms with Gasteiger partial charge in [-0.1, -0.05) is 6.07 Å². The van der Waals surface area contributed by atoms with Gasteiger partial charge >= 0.3 is 0 Å². The number of fused-ring (bicyclic) bond motifs is 1. The van der Waals surface area contributed by atoms with Gasteiger partial charge in [0.05, 0.1) is 0 Å². The number of carbonyl (C=O) groups excluding carboxylic acids is 1. The van der Waals surface area contributed by atoms with E-state index in [4.69, 9.17) is 4.42 Å². The molecule has 6 nitrogen and oxygen atoms in total. The molecule has 3 aromatic rings. The third-order valence-electron chi connectivity index (χ3n) is 6.31. The lowest BCUT2D eigenvalue weighted by molar-refractivity contribution is 0.0762. The zero-order valence-electron chi connectivity index (χ0n) is 18.6. The third kappa shape index (κ3) is 3.71. The Balaban J connectivity index is 1.86. The molecule has 1 amide bonds. The van der Waals surface area contributed by atoms with E-state index in [9.17, 15) is 13.2 Å². The number of carbonyl (C=O) groups is 1. The first-order valence-electron chi connectivity index (χ1n) is 10.5. The van der Waals surface area contributed by atoms with Crippen LogP contribution in [0.4, 0.5) is 5.69 Å². The molecule has 7 heteroatoms. The summed E-state index contributed by atoms with van der Waals surface area (Å²) in [7, 11) is -3.94. The van der Waals surface area contributed by atoms with Crippen molar-refractivity contribution in [3.05, 3.63) is 57.8 Å². The molecule has 0 spiro atoms. The lowest BCUT2D eigenvalue weighted by Crippen LogP contribution is -2.27. The number of likely N-dealkylation sites (tertiary alicyclic amines) is 1. The van der Waals surface area contributed by atoms with Gasteiger partial charge in [0.1, 0.15) is 4.90 Å². The van der Waals surface area contributed by atoms with Crippen molar-refractivity contribution < 1.29 is 17.6 Å². The number of hydrogen-bond donors (Lipinski definition) is 1. The summed E-state index contributed by atoms with van der Waals surface area (Å²) in [6, 6.07) is 7.35. The van der Waals surface area contributed by atoms with Crippen molar-refractivity contribution >= 4 is 32.6 Å². The van der Waals surface area contributed by atoms with Gasteiger partial charge in [-0.25, -0.2) is 8.42 Å². The van der Waals surface area contributed by atoms with Crippen LogP contribution < -0.4 is 4.72 Å². The topological polar surface area (TPSA) is 79.6 Å². The van der Waals surface area contributed by atoms with Crippen LogP contribution in [0, 0.1) is 34.6 Å². The molecule has 2 aromatic carbocycles. The maximum atomic E-state index is 13.5. The van der Waals surface area contributed by atoms with Crippen molar-refractivity contribution in [2.24, 2.45) is 0 Å². The average molecular weight is 441 g/mol. The molecule has 0 atom stereocenters. The number of nitrogens with zero attached hydrogens (tertiary/aromatic N) is 1. The van der Waals surface area contributed by atoms with E-state index in [2.05, 4.69) is 4.72 Å². The molecule has 1 saturated heterocycles. The lowest BCUT2D eigenvalue weighted by atomic mass is 10.0. The van der Waals surface area contributed by atoms with Gasteiger partial charge in [0.15, 0.2) is 11.3 Å². The summed E-state index contributed by atoms with van der Waals surface area (Å²) in [6.07, 6.45) is 1.95. The zero-order chi connectivity index (χ0) is 22.5. The minimum Gasteiger partial charge on any atom is -0.449 e. The number of benzene rings is 2. The first kappa shape index (κ1) is 21.4. The molecule has 0 radical (unpaired) electrons. The molecule has 164 valence electrons. The van der Waals surface area contributed by atoms with E-state index in [-0.39, 0.29) is 22.1 Å². The number of nitrogens with one attached hydrogen (secondary N) is 1. The van der Waals surface area contributed by atoms with Gasteiger partial charge in [-0.3, -0.25) is 9.52 Å². The van der Waals surface area contributed by atoms with E-state index >= 15 is 0 Å². The van der Waals surface area contributed by atoms with E-state index in [0.29, 0.717) is 35.3 Å². The van der Waals surface area contributed by atoms with Gasteiger partial charge in [-0.05, 0) is 87.9 Å². The molecular weight excluding hydrogens is 412 g/mol. The van der Waals surface area contributed by atoms with Crippen molar-refractivity contribution in [2.45, 2.75) is 52.4 Å². The minimum absolute atomic E-state index is 0.0873.